The highest BCUT2D eigenvalue weighted by molar-refractivity contribution is 9.10. The Kier molecular flexibility index (Phi) is 3.96. The molecule has 2 atom stereocenters. The summed E-state index contributed by atoms with van der Waals surface area (Å²) in [6.07, 6.45) is 1.04. The van der Waals surface area contributed by atoms with E-state index in [0.717, 1.165) is 0 Å². The summed E-state index contributed by atoms with van der Waals surface area (Å²) in [6.45, 7) is 0. The maximum absolute atomic E-state index is 11.3. The molecule has 1 aromatic rings. The van der Waals surface area contributed by atoms with E-state index < -0.39 is 16.4 Å². The molecule has 1 amide bonds. The normalized spacial score (nSPS) is 25.4. The van der Waals surface area contributed by atoms with Gasteiger partial charge >= 0.3 is 0 Å². The van der Waals surface area contributed by atoms with Crippen LogP contribution in [-0.4, -0.2) is 22.5 Å². The van der Waals surface area contributed by atoms with Crippen LogP contribution in [0.4, 0.5) is 5.69 Å². The van der Waals surface area contributed by atoms with Crippen LogP contribution in [0.25, 0.3) is 0 Å². The van der Waals surface area contributed by atoms with Gasteiger partial charge in [-0.1, -0.05) is 6.07 Å². The molecule has 0 saturated heterocycles. The molecule has 0 aromatic heterocycles. The number of nitro benzene ring substituents is 1. The summed E-state index contributed by atoms with van der Waals surface area (Å²) in [7, 11) is 0. The molecule has 0 radical (unpaired) electrons. The van der Waals surface area contributed by atoms with Crippen LogP contribution in [0.2, 0.25) is 0 Å². The molecule has 1 aliphatic rings. The van der Waals surface area contributed by atoms with Gasteiger partial charge in [-0.2, -0.15) is 0 Å². The first kappa shape index (κ1) is 14.7. The molecular weight excluding hydrogens is 330 g/mol. The van der Waals surface area contributed by atoms with Crippen LogP contribution >= 0.6 is 15.9 Å². The second-order valence-electron chi connectivity index (χ2n) is 4.85. The molecule has 0 bridgehead atoms. The lowest BCUT2D eigenvalue weighted by molar-refractivity contribution is -0.385. The van der Waals surface area contributed by atoms with Crippen LogP contribution in [0.15, 0.2) is 22.7 Å². The number of primary amides is 1. The van der Waals surface area contributed by atoms with E-state index in [9.17, 15) is 14.9 Å². The van der Waals surface area contributed by atoms with Gasteiger partial charge in [0.05, 0.1) is 10.5 Å². The average molecular weight is 344 g/mol. The van der Waals surface area contributed by atoms with E-state index in [2.05, 4.69) is 15.9 Å². The van der Waals surface area contributed by atoms with E-state index in [0.29, 0.717) is 25.0 Å². The fourth-order valence-electron chi connectivity index (χ4n) is 2.26. The highest BCUT2D eigenvalue weighted by Gasteiger charge is 2.42. The van der Waals surface area contributed by atoms with Crippen molar-refractivity contribution in [2.24, 2.45) is 11.5 Å². The maximum atomic E-state index is 11.3. The number of hydrogen-bond donors (Lipinski definition) is 2. The Balaban J connectivity index is 2.15. The van der Waals surface area contributed by atoms with Crippen molar-refractivity contribution < 1.29 is 14.5 Å². The van der Waals surface area contributed by atoms with E-state index in [-0.39, 0.29) is 16.3 Å². The van der Waals surface area contributed by atoms with E-state index in [4.69, 9.17) is 16.2 Å². The quantitative estimate of drug-likeness (QED) is 0.633. The Morgan fingerprint density at radius 3 is 2.80 bits per heavy atom. The number of amides is 1. The molecule has 0 aliphatic heterocycles. The van der Waals surface area contributed by atoms with Crippen molar-refractivity contribution in [3.05, 3.63) is 32.8 Å². The zero-order valence-corrected chi connectivity index (χ0v) is 12.1. The fourth-order valence-corrected chi connectivity index (χ4v) is 2.77. The van der Waals surface area contributed by atoms with E-state index >= 15 is 0 Å². The fraction of sp³-hybridized carbons (Fsp3) is 0.417. The highest BCUT2D eigenvalue weighted by atomic mass is 79.9. The van der Waals surface area contributed by atoms with Crippen molar-refractivity contribution in [2.45, 2.75) is 30.9 Å². The molecule has 1 aromatic carbocycles. The first-order valence-corrected chi connectivity index (χ1v) is 6.81. The van der Waals surface area contributed by atoms with E-state index in [1.807, 2.05) is 0 Å². The van der Waals surface area contributed by atoms with Crippen molar-refractivity contribution >= 4 is 27.5 Å². The Morgan fingerprint density at radius 1 is 1.55 bits per heavy atom. The van der Waals surface area contributed by atoms with Crippen molar-refractivity contribution in [1.29, 1.82) is 0 Å². The number of benzene rings is 1. The number of carbonyl (C=O) groups is 1. The summed E-state index contributed by atoms with van der Waals surface area (Å²) in [6, 6.07) is 4.54. The standard InChI is InChI=1S/C12H14BrN3O4/c13-10-8(16(18)19)2-1-3-9(10)20-7-4-5-12(15,6-7)11(14)17/h1-3,7H,4-6,15H2,(H2,14,17). The molecular formula is C12H14BrN3O4. The predicted octanol–water partition coefficient (Wildman–Crippen LogP) is 1.47. The third-order valence-corrected chi connectivity index (χ3v) is 4.23. The predicted molar refractivity (Wildman–Crippen MR) is 75.2 cm³/mol. The summed E-state index contributed by atoms with van der Waals surface area (Å²) in [5, 5.41) is 10.8. The number of carbonyl (C=O) groups excluding carboxylic acids is 1. The van der Waals surface area contributed by atoms with Crippen LogP contribution < -0.4 is 16.2 Å². The van der Waals surface area contributed by atoms with E-state index in [1.54, 1.807) is 6.07 Å². The molecule has 0 spiro atoms. The van der Waals surface area contributed by atoms with Gasteiger partial charge in [0.2, 0.25) is 5.91 Å². The second kappa shape index (κ2) is 5.37. The van der Waals surface area contributed by atoms with Crippen LogP contribution in [-0.2, 0) is 4.79 Å². The van der Waals surface area contributed by atoms with Gasteiger partial charge in [0.1, 0.15) is 16.3 Å². The van der Waals surface area contributed by atoms with Gasteiger partial charge in [0.25, 0.3) is 5.69 Å². The topological polar surface area (TPSA) is 121 Å². The lowest BCUT2D eigenvalue weighted by atomic mass is 9.99. The van der Waals surface area contributed by atoms with E-state index in [1.165, 1.54) is 12.1 Å². The number of ether oxygens (including phenoxy) is 1. The lowest BCUT2D eigenvalue weighted by Crippen LogP contribution is -2.50. The Morgan fingerprint density at radius 2 is 2.25 bits per heavy atom. The first-order chi connectivity index (χ1) is 9.33. The summed E-state index contributed by atoms with van der Waals surface area (Å²) in [4.78, 5) is 21.6. The van der Waals surface area contributed by atoms with Crippen LogP contribution in [0.1, 0.15) is 19.3 Å². The van der Waals surface area contributed by atoms with Gasteiger partial charge in [-0.3, -0.25) is 14.9 Å². The van der Waals surface area contributed by atoms with Gasteiger partial charge in [0.15, 0.2) is 0 Å². The minimum absolute atomic E-state index is 0.0746. The molecule has 8 heteroatoms. The van der Waals surface area contributed by atoms with Gasteiger partial charge in [-0.05, 0) is 34.8 Å². The monoisotopic (exact) mass is 343 g/mol. The number of halogens is 1. The zero-order valence-electron chi connectivity index (χ0n) is 10.5. The Bertz CT molecular complexity index is 566. The molecule has 4 N–H and O–H groups in total. The SMILES string of the molecule is NC(=O)C1(N)CCC(Oc2cccc([N+](=O)[O-])c2Br)C1. The summed E-state index contributed by atoms with van der Waals surface area (Å²) in [5.41, 5.74) is 10.0. The van der Waals surface area contributed by atoms with Crippen LogP contribution in [0.5, 0.6) is 5.75 Å². The molecule has 7 nitrogen and oxygen atoms in total. The number of rotatable bonds is 4. The number of nitro groups is 1. The van der Waals surface area contributed by atoms with Crippen LogP contribution in [0, 0.1) is 10.1 Å². The van der Waals surface area contributed by atoms with Gasteiger partial charge in [-0.15, -0.1) is 0 Å². The van der Waals surface area contributed by atoms with Crippen molar-refractivity contribution in [2.75, 3.05) is 0 Å². The summed E-state index contributed by atoms with van der Waals surface area (Å²) < 4.78 is 5.98. The summed E-state index contributed by atoms with van der Waals surface area (Å²) in [5.74, 6) is -0.195. The van der Waals surface area contributed by atoms with Gasteiger partial charge in [-0.25, -0.2) is 0 Å². The highest BCUT2D eigenvalue weighted by Crippen LogP contribution is 2.37. The molecule has 1 fully saturated rings. The number of hydrogen-bond acceptors (Lipinski definition) is 5. The van der Waals surface area contributed by atoms with Gasteiger partial charge in [0, 0.05) is 12.5 Å². The number of nitrogens with zero attached hydrogens (tertiary/aromatic N) is 1. The third-order valence-electron chi connectivity index (χ3n) is 3.43. The average Bonchev–Trinajstić information content (AvgIpc) is 2.75. The third kappa shape index (κ3) is 2.75. The lowest BCUT2D eigenvalue weighted by Gasteiger charge is -2.20. The smallest absolute Gasteiger partial charge is 0.287 e. The van der Waals surface area contributed by atoms with Crippen LogP contribution in [0.3, 0.4) is 0 Å². The van der Waals surface area contributed by atoms with Crippen molar-refractivity contribution in [3.8, 4) is 5.75 Å². The van der Waals surface area contributed by atoms with Gasteiger partial charge < -0.3 is 16.2 Å². The molecule has 1 aliphatic carbocycles. The second-order valence-corrected chi connectivity index (χ2v) is 5.64. The van der Waals surface area contributed by atoms with Crippen molar-refractivity contribution in [3.63, 3.8) is 0 Å². The van der Waals surface area contributed by atoms with Crippen molar-refractivity contribution in [1.82, 2.24) is 0 Å². The number of nitrogens with two attached hydrogens (primary N) is 2. The first-order valence-electron chi connectivity index (χ1n) is 6.02. The molecule has 20 heavy (non-hydrogen) atoms. The largest absolute Gasteiger partial charge is 0.489 e. The summed E-state index contributed by atoms with van der Waals surface area (Å²) >= 11 is 3.16. The Hall–Kier alpha value is -1.67. The zero-order chi connectivity index (χ0) is 14.9. The molecule has 2 unspecified atom stereocenters. The Labute approximate surface area is 123 Å². The maximum Gasteiger partial charge on any atom is 0.287 e. The minimum atomic E-state index is -1.06. The molecule has 2 rings (SSSR count). The molecule has 1 saturated carbocycles. The minimum Gasteiger partial charge on any atom is -0.489 e. The molecule has 0 heterocycles. The molecule has 108 valence electrons.